The Morgan fingerprint density at radius 3 is 2.94 bits per heavy atom. The van der Waals surface area contributed by atoms with Crippen molar-refractivity contribution in [3.63, 3.8) is 0 Å². The van der Waals surface area contributed by atoms with E-state index >= 15 is 0 Å². The quantitative estimate of drug-likeness (QED) is 0.480. The highest BCUT2D eigenvalue weighted by Gasteiger charge is 2.25. The molecule has 0 radical (unpaired) electrons. The van der Waals surface area contributed by atoms with Gasteiger partial charge < -0.3 is 25.4 Å². The number of pyridine rings is 2. The van der Waals surface area contributed by atoms with Gasteiger partial charge in [-0.05, 0) is 42.7 Å². The molecule has 4 heterocycles. The molecule has 2 amide bonds. The van der Waals surface area contributed by atoms with Crippen molar-refractivity contribution in [1.82, 2.24) is 20.2 Å². The van der Waals surface area contributed by atoms with Crippen molar-refractivity contribution in [3.05, 3.63) is 53.9 Å². The van der Waals surface area contributed by atoms with Crippen LogP contribution in [-0.4, -0.2) is 70.3 Å². The second-order valence-electron chi connectivity index (χ2n) is 8.73. The number of amides is 2. The van der Waals surface area contributed by atoms with Gasteiger partial charge in [-0.3, -0.25) is 14.6 Å². The third-order valence-electron chi connectivity index (χ3n) is 6.39. The molecule has 0 unspecified atom stereocenters. The van der Waals surface area contributed by atoms with Gasteiger partial charge in [-0.1, -0.05) is 12.1 Å². The summed E-state index contributed by atoms with van der Waals surface area (Å²) in [6.07, 6.45) is 2.57. The maximum absolute atomic E-state index is 12.7. The summed E-state index contributed by atoms with van der Waals surface area (Å²) >= 11 is 1.42. The van der Waals surface area contributed by atoms with Crippen molar-refractivity contribution in [3.8, 4) is 5.75 Å². The van der Waals surface area contributed by atoms with Gasteiger partial charge in [0, 0.05) is 31.1 Å². The number of aliphatic hydroxyl groups is 1. The van der Waals surface area contributed by atoms with Crippen molar-refractivity contribution >= 4 is 40.3 Å². The number of aliphatic hydroxyl groups excluding tert-OH is 1. The topological polar surface area (TPSA) is 117 Å². The normalized spacial score (nSPS) is 17.5. The Morgan fingerprint density at radius 2 is 2.14 bits per heavy atom. The second kappa shape index (κ2) is 10.2. The maximum atomic E-state index is 12.7. The number of nitrogens with zero attached hydrogens (tertiary/aromatic N) is 3. The minimum absolute atomic E-state index is 0.0312. The fraction of sp³-hybridized carbons (Fsp3) is 0.360. The van der Waals surface area contributed by atoms with Crippen molar-refractivity contribution in [2.75, 3.05) is 37.8 Å². The maximum Gasteiger partial charge on any atom is 0.270 e. The predicted octanol–water partition coefficient (Wildman–Crippen LogP) is 2.61. The largest absolute Gasteiger partial charge is 0.495 e. The van der Waals surface area contributed by atoms with Crippen LogP contribution < -0.4 is 15.4 Å². The van der Waals surface area contributed by atoms with E-state index in [4.69, 9.17) is 4.74 Å². The first-order valence-corrected chi connectivity index (χ1v) is 12.6. The number of piperidine rings is 1. The molecule has 10 heteroatoms. The monoisotopic (exact) mass is 493 g/mol. The number of ether oxygens (including phenoxy) is 1. The number of likely N-dealkylation sites (tertiary alicyclic amines) is 1. The number of methoxy groups -OCH3 is 1. The molecule has 0 saturated carbocycles. The molecule has 1 fully saturated rings. The van der Waals surface area contributed by atoms with Gasteiger partial charge >= 0.3 is 0 Å². The molecule has 0 aliphatic carbocycles. The molecule has 2 aromatic heterocycles. The molecule has 0 bridgehead atoms. The summed E-state index contributed by atoms with van der Waals surface area (Å²) in [5.74, 6) is 1.11. The highest BCUT2D eigenvalue weighted by molar-refractivity contribution is 8.00. The first kappa shape index (κ1) is 23.5. The van der Waals surface area contributed by atoms with Crippen LogP contribution in [0.15, 0.2) is 47.5 Å². The zero-order chi connectivity index (χ0) is 24.4. The van der Waals surface area contributed by atoms with E-state index in [-0.39, 0.29) is 17.9 Å². The van der Waals surface area contributed by atoms with Gasteiger partial charge in [0.25, 0.3) is 5.91 Å². The van der Waals surface area contributed by atoms with Gasteiger partial charge in [0.2, 0.25) is 5.91 Å². The molecule has 182 valence electrons. The molecular formula is C25H27N5O4S. The Hall–Kier alpha value is -3.21. The van der Waals surface area contributed by atoms with Gasteiger partial charge in [0.1, 0.15) is 17.3 Å². The summed E-state index contributed by atoms with van der Waals surface area (Å²) in [6.45, 7) is 2.03. The van der Waals surface area contributed by atoms with Crippen molar-refractivity contribution in [2.45, 2.75) is 29.9 Å². The summed E-state index contributed by atoms with van der Waals surface area (Å²) in [5.41, 5.74) is 1.94. The number of carbonyl (C=O) groups excluding carboxylic acids is 2. The van der Waals surface area contributed by atoms with Crippen LogP contribution in [-0.2, 0) is 4.79 Å². The van der Waals surface area contributed by atoms with Crippen LogP contribution in [0, 0.1) is 0 Å². The number of aromatic nitrogens is 2. The summed E-state index contributed by atoms with van der Waals surface area (Å²) in [4.78, 5) is 36.2. The zero-order valence-electron chi connectivity index (χ0n) is 19.4. The average Bonchev–Trinajstić information content (AvgIpc) is 2.88. The Kier molecular flexibility index (Phi) is 6.85. The first-order valence-electron chi connectivity index (χ1n) is 11.6. The van der Waals surface area contributed by atoms with Crippen LogP contribution in [0.25, 0.3) is 10.9 Å². The third-order valence-corrected chi connectivity index (χ3v) is 7.44. The van der Waals surface area contributed by atoms with Crippen LogP contribution >= 0.6 is 11.8 Å². The Bertz CT molecular complexity index is 1260. The molecular weight excluding hydrogens is 466 g/mol. The SMILES string of the molecule is COc1cnc2cccc([C@@H](O)CN3CCC(NC(=O)c4ccc5c(n4)NC(=O)CS5)CC3)c2c1. The molecule has 9 nitrogen and oxygen atoms in total. The summed E-state index contributed by atoms with van der Waals surface area (Å²) in [7, 11) is 1.60. The highest BCUT2D eigenvalue weighted by atomic mass is 32.2. The first-order chi connectivity index (χ1) is 17.0. The van der Waals surface area contributed by atoms with Gasteiger partial charge in [0.05, 0.1) is 35.6 Å². The van der Waals surface area contributed by atoms with Gasteiger partial charge in [-0.15, -0.1) is 11.8 Å². The molecule has 3 aromatic rings. The number of fused-ring (bicyclic) bond motifs is 2. The molecule has 0 spiro atoms. The van der Waals surface area contributed by atoms with E-state index in [2.05, 4.69) is 25.5 Å². The number of benzene rings is 1. The smallest absolute Gasteiger partial charge is 0.270 e. The average molecular weight is 494 g/mol. The molecule has 5 rings (SSSR count). The number of β-amino-alcohol motifs (C(OH)–C–C–N with tert-alkyl or cyclic N) is 1. The lowest BCUT2D eigenvalue weighted by Gasteiger charge is -2.33. The molecule has 2 aliphatic heterocycles. The minimum atomic E-state index is -0.661. The van der Waals surface area contributed by atoms with Gasteiger partial charge in [0.15, 0.2) is 0 Å². The number of nitrogens with one attached hydrogen (secondary N) is 2. The van der Waals surface area contributed by atoms with Crippen LogP contribution in [0.3, 0.4) is 0 Å². The van der Waals surface area contributed by atoms with Crippen molar-refractivity contribution in [2.24, 2.45) is 0 Å². The van der Waals surface area contributed by atoms with Crippen LogP contribution in [0.4, 0.5) is 5.82 Å². The van der Waals surface area contributed by atoms with Crippen molar-refractivity contribution < 1.29 is 19.4 Å². The van der Waals surface area contributed by atoms with Crippen LogP contribution in [0.2, 0.25) is 0 Å². The standard InChI is InChI=1S/C25H27N5O4S/c1-34-16-11-18-17(3-2-4-19(18)26-12-16)21(31)13-30-9-7-15(8-10-30)27-25(33)20-5-6-22-24(28-20)29-23(32)14-35-22/h2-6,11-12,15,21,31H,7-10,13-14H2,1H3,(H,27,33)(H,28,29,32)/t21-/m0/s1. The molecule has 3 N–H and O–H groups in total. The van der Waals surface area contributed by atoms with E-state index in [0.29, 0.717) is 29.6 Å². The van der Waals surface area contributed by atoms with Crippen LogP contribution in [0.5, 0.6) is 5.75 Å². The number of anilines is 1. The lowest BCUT2D eigenvalue weighted by Crippen LogP contribution is -2.45. The molecule has 2 aliphatic rings. The summed E-state index contributed by atoms with van der Waals surface area (Å²) in [5, 5.41) is 17.7. The predicted molar refractivity (Wildman–Crippen MR) is 134 cm³/mol. The number of hydrogen-bond acceptors (Lipinski definition) is 8. The fourth-order valence-electron chi connectivity index (χ4n) is 4.51. The second-order valence-corrected chi connectivity index (χ2v) is 9.75. The Labute approximate surface area is 207 Å². The number of thioether (sulfide) groups is 1. The Morgan fingerprint density at radius 1 is 1.31 bits per heavy atom. The minimum Gasteiger partial charge on any atom is -0.495 e. The highest BCUT2D eigenvalue weighted by Crippen LogP contribution is 2.30. The van der Waals surface area contributed by atoms with E-state index in [1.165, 1.54) is 11.8 Å². The van der Waals surface area contributed by atoms with Crippen LogP contribution in [0.1, 0.15) is 35.0 Å². The van der Waals surface area contributed by atoms with E-state index in [1.807, 2.05) is 30.3 Å². The molecule has 1 aromatic carbocycles. The lowest BCUT2D eigenvalue weighted by atomic mass is 10.0. The summed E-state index contributed by atoms with van der Waals surface area (Å²) < 4.78 is 5.30. The fourth-order valence-corrected chi connectivity index (χ4v) is 5.26. The Balaban J connectivity index is 1.17. The summed E-state index contributed by atoms with van der Waals surface area (Å²) in [6, 6.07) is 11.2. The third kappa shape index (κ3) is 5.24. The molecule has 1 saturated heterocycles. The van der Waals surface area contributed by atoms with E-state index in [9.17, 15) is 14.7 Å². The van der Waals surface area contributed by atoms with E-state index < -0.39 is 6.10 Å². The number of hydrogen-bond donors (Lipinski definition) is 3. The molecule has 35 heavy (non-hydrogen) atoms. The molecule has 1 atom stereocenters. The van der Waals surface area contributed by atoms with E-state index in [1.54, 1.807) is 19.4 Å². The zero-order valence-corrected chi connectivity index (χ0v) is 20.2. The van der Waals surface area contributed by atoms with Crippen molar-refractivity contribution in [1.29, 1.82) is 0 Å². The van der Waals surface area contributed by atoms with Gasteiger partial charge in [-0.2, -0.15) is 0 Å². The number of rotatable bonds is 6. The lowest BCUT2D eigenvalue weighted by molar-refractivity contribution is -0.113. The number of carbonyl (C=O) groups is 2. The van der Waals surface area contributed by atoms with E-state index in [0.717, 1.165) is 47.3 Å². The van der Waals surface area contributed by atoms with Gasteiger partial charge in [-0.25, -0.2) is 4.98 Å².